The average Bonchev–Trinajstić information content (AvgIpc) is 2.69. The molecule has 4 amide bonds. The van der Waals surface area contributed by atoms with Crippen molar-refractivity contribution in [3.8, 4) is 0 Å². The summed E-state index contributed by atoms with van der Waals surface area (Å²) < 4.78 is 0. The highest BCUT2D eigenvalue weighted by Crippen LogP contribution is 2.28. The first kappa shape index (κ1) is 19.2. The van der Waals surface area contributed by atoms with Gasteiger partial charge in [-0.05, 0) is 26.7 Å². The second-order valence-electron chi connectivity index (χ2n) is 6.27. The summed E-state index contributed by atoms with van der Waals surface area (Å²) in [5.74, 6) is -0.506. The zero-order valence-corrected chi connectivity index (χ0v) is 14.8. The Bertz CT molecular complexity index is 481. The van der Waals surface area contributed by atoms with E-state index in [1.807, 2.05) is 27.7 Å². The van der Waals surface area contributed by atoms with E-state index >= 15 is 0 Å². The van der Waals surface area contributed by atoms with Crippen LogP contribution in [-0.4, -0.2) is 52.8 Å². The van der Waals surface area contributed by atoms with E-state index in [1.54, 1.807) is 4.90 Å². The van der Waals surface area contributed by atoms with Crippen LogP contribution in [0.1, 0.15) is 53.4 Å². The number of nitrogens with zero attached hydrogens (tertiary/aromatic N) is 2. The molecule has 0 aromatic carbocycles. The fraction of sp³-hybridized carbons (Fsp3) is 0.706. The number of carbonyl (C=O) groups is 3. The number of rotatable bonds is 9. The smallest absolute Gasteiger partial charge is 0.325 e. The maximum absolute atomic E-state index is 12.7. The quantitative estimate of drug-likeness (QED) is 0.523. The monoisotopic (exact) mass is 323 g/mol. The molecule has 23 heavy (non-hydrogen) atoms. The van der Waals surface area contributed by atoms with E-state index in [0.29, 0.717) is 25.9 Å². The van der Waals surface area contributed by atoms with Gasteiger partial charge in [-0.3, -0.25) is 14.5 Å². The van der Waals surface area contributed by atoms with Gasteiger partial charge in [0.1, 0.15) is 12.1 Å². The lowest BCUT2D eigenvalue weighted by Crippen LogP contribution is -2.48. The van der Waals surface area contributed by atoms with Crippen LogP contribution in [0, 0.1) is 0 Å². The maximum atomic E-state index is 12.7. The van der Waals surface area contributed by atoms with Gasteiger partial charge in [0, 0.05) is 13.1 Å². The highest BCUT2D eigenvalue weighted by molar-refractivity contribution is 6.09. The Morgan fingerprint density at radius 1 is 1.22 bits per heavy atom. The van der Waals surface area contributed by atoms with Gasteiger partial charge in [-0.1, -0.05) is 38.8 Å². The standard InChI is InChI=1S/C17H29N3O3/c1-6-9-17(10-7-2)15(22)20(16(23)18-17)12-14(21)19(8-3)11-13(4)5/h4,6-12H2,1-3,5H3,(H,18,23). The minimum absolute atomic E-state index is 0.207. The van der Waals surface area contributed by atoms with Crippen molar-refractivity contribution in [3.05, 3.63) is 12.2 Å². The van der Waals surface area contributed by atoms with Crippen LogP contribution in [0.4, 0.5) is 4.79 Å². The second-order valence-corrected chi connectivity index (χ2v) is 6.27. The van der Waals surface area contributed by atoms with E-state index in [9.17, 15) is 14.4 Å². The lowest BCUT2D eigenvalue weighted by atomic mass is 9.88. The molecule has 6 nitrogen and oxygen atoms in total. The minimum Gasteiger partial charge on any atom is -0.337 e. The molecular formula is C17H29N3O3. The predicted molar refractivity (Wildman–Crippen MR) is 89.9 cm³/mol. The summed E-state index contributed by atoms with van der Waals surface area (Å²) in [6, 6.07) is -0.461. The van der Waals surface area contributed by atoms with Crippen LogP contribution < -0.4 is 5.32 Å². The van der Waals surface area contributed by atoms with E-state index in [4.69, 9.17) is 0 Å². The molecule has 130 valence electrons. The van der Waals surface area contributed by atoms with Crippen LogP contribution in [-0.2, 0) is 9.59 Å². The topological polar surface area (TPSA) is 69.7 Å². The predicted octanol–water partition coefficient (Wildman–Crippen LogP) is 2.30. The Labute approximate surface area is 138 Å². The van der Waals surface area contributed by atoms with Crippen LogP contribution in [0.15, 0.2) is 12.2 Å². The molecule has 0 aromatic heterocycles. The zero-order chi connectivity index (χ0) is 17.6. The minimum atomic E-state index is -0.841. The van der Waals surface area contributed by atoms with Gasteiger partial charge in [-0.2, -0.15) is 0 Å². The first-order chi connectivity index (χ1) is 10.8. The Morgan fingerprint density at radius 2 is 1.78 bits per heavy atom. The summed E-state index contributed by atoms with van der Waals surface area (Å²) in [6.07, 6.45) is 2.79. The van der Waals surface area contributed by atoms with Crippen LogP contribution >= 0.6 is 0 Å². The van der Waals surface area contributed by atoms with Gasteiger partial charge in [0.15, 0.2) is 0 Å². The third-order valence-corrected chi connectivity index (χ3v) is 4.09. The first-order valence-electron chi connectivity index (χ1n) is 8.37. The molecule has 1 aliphatic rings. The highest BCUT2D eigenvalue weighted by atomic mass is 16.2. The Hall–Kier alpha value is -1.85. The normalized spacial score (nSPS) is 16.4. The van der Waals surface area contributed by atoms with E-state index in [-0.39, 0.29) is 18.4 Å². The number of hydrogen-bond donors (Lipinski definition) is 1. The number of urea groups is 1. The molecule has 6 heteroatoms. The number of hydrogen-bond acceptors (Lipinski definition) is 3. The number of carbonyl (C=O) groups excluding carboxylic acids is 3. The zero-order valence-electron chi connectivity index (χ0n) is 14.8. The van der Waals surface area contributed by atoms with Gasteiger partial charge in [0.2, 0.25) is 5.91 Å². The summed E-state index contributed by atoms with van der Waals surface area (Å²) in [7, 11) is 0. The molecule has 1 N–H and O–H groups in total. The molecule has 0 bridgehead atoms. The van der Waals surface area contributed by atoms with E-state index in [1.165, 1.54) is 0 Å². The molecule has 1 fully saturated rings. The van der Waals surface area contributed by atoms with Crippen molar-refractivity contribution in [2.75, 3.05) is 19.6 Å². The van der Waals surface area contributed by atoms with E-state index in [0.717, 1.165) is 23.3 Å². The molecule has 1 heterocycles. The largest absolute Gasteiger partial charge is 0.337 e. The molecule has 0 aliphatic carbocycles. The molecule has 0 saturated carbocycles. The molecule has 0 atom stereocenters. The van der Waals surface area contributed by atoms with Gasteiger partial charge < -0.3 is 10.2 Å². The highest BCUT2D eigenvalue weighted by Gasteiger charge is 2.50. The third-order valence-electron chi connectivity index (χ3n) is 4.09. The maximum Gasteiger partial charge on any atom is 0.325 e. The molecule has 1 aliphatic heterocycles. The Morgan fingerprint density at radius 3 is 2.22 bits per heavy atom. The number of amides is 4. The van der Waals surface area contributed by atoms with Crippen LogP contribution in [0.3, 0.4) is 0 Å². The second kappa shape index (κ2) is 8.13. The Kier molecular flexibility index (Phi) is 6.79. The van der Waals surface area contributed by atoms with Crippen LogP contribution in [0.25, 0.3) is 0 Å². The third kappa shape index (κ3) is 4.33. The summed E-state index contributed by atoms with van der Waals surface area (Å²) in [5, 5.41) is 2.82. The van der Waals surface area contributed by atoms with Crippen LogP contribution in [0.5, 0.6) is 0 Å². The van der Waals surface area contributed by atoms with E-state index in [2.05, 4.69) is 11.9 Å². The summed E-state index contributed by atoms with van der Waals surface area (Å²) in [5.41, 5.74) is 0.0235. The molecule has 0 radical (unpaired) electrons. The SMILES string of the molecule is C=C(C)CN(CC)C(=O)CN1C(=O)NC(CCC)(CCC)C1=O. The molecule has 1 saturated heterocycles. The van der Waals surface area contributed by atoms with Crippen LogP contribution in [0.2, 0.25) is 0 Å². The van der Waals surface area contributed by atoms with Crippen molar-refractivity contribution in [3.63, 3.8) is 0 Å². The number of nitrogens with one attached hydrogen (secondary N) is 1. The fourth-order valence-electron chi connectivity index (χ4n) is 3.07. The number of likely N-dealkylation sites (N-methyl/N-ethyl adjacent to an activating group) is 1. The van der Waals surface area contributed by atoms with E-state index < -0.39 is 11.6 Å². The first-order valence-corrected chi connectivity index (χ1v) is 8.37. The van der Waals surface area contributed by atoms with Gasteiger partial charge in [-0.15, -0.1) is 0 Å². The lowest BCUT2D eigenvalue weighted by molar-refractivity contribution is -0.139. The van der Waals surface area contributed by atoms with Gasteiger partial charge in [0.25, 0.3) is 5.91 Å². The Balaban J connectivity index is 2.88. The summed E-state index contributed by atoms with van der Waals surface area (Å²) in [4.78, 5) is 40.0. The van der Waals surface area contributed by atoms with Crippen molar-refractivity contribution < 1.29 is 14.4 Å². The molecule has 1 rings (SSSR count). The van der Waals surface area contributed by atoms with Crippen molar-refractivity contribution >= 4 is 17.8 Å². The summed E-state index contributed by atoms with van der Waals surface area (Å²) in [6.45, 7) is 12.2. The molecule has 0 spiro atoms. The van der Waals surface area contributed by atoms with Crippen molar-refractivity contribution in [1.29, 1.82) is 0 Å². The molecule has 0 aromatic rings. The van der Waals surface area contributed by atoms with Crippen molar-refractivity contribution in [1.82, 2.24) is 15.1 Å². The fourth-order valence-corrected chi connectivity index (χ4v) is 3.07. The van der Waals surface area contributed by atoms with Gasteiger partial charge in [-0.25, -0.2) is 4.79 Å². The molecule has 0 unspecified atom stereocenters. The summed E-state index contributed by atoms with van der Waals surface area (Å²) >= 11 is 0. The van der Waals surface area contributed by atoms with Gasteiger partial charge >= 0.3 is 6.03 Å². The number of imide groups is 1. The van der Waals surface area contributed by atoms with Gasteiger partial charge in [0.05, 0.1) is 0 Å². The van der Waals surface area contributed by atoms with Crippen molar-refractivity contribution in [2.24, 2.45) is 0 Å². The van der Waals surface area contributed by atoms with Crippen molar-refractivity contribution in [2.45, 2.75) is 58.9 Å². The molecular weight excluding hydrogens is 294 g/mol. The average molecular weight is 323 g/mol. The lowest BCUT2D eigenvalue weighted by Gasteiger charge is -2.26.